The Labute approximate surface area is 615 Å². The van der Waals surface area contributed by atoms with Crippen LogP contribution in [0.25, 0.3) is 189 Å². The summed E-state index contributed by atoms with van der Waals surface area (Å²) in [5, 5.41) is 9.76. The van der Waals surface area contributed by atoms with E-state index in [4.69, 9.17) is 19.9 Å². The largest absolute Gasteiger partial charge is 0.256 e. The molecule has 0 aliphatic carbocycles. The first-order valence-corrected chi connectivity index (χ1v) is 35.8. The van der Waals surface area contributed by atoms with E-state index in [0.717, 1.165) is 134 Å². The minimum Gasteiger partial charge on any atom is -0.256 e. The van der Waals surface area contributed by atoms with Crippen molar-refractivity contribution in [3.8, 4) is 146 Å². The molecule has 0 amide bonds. The first-order valence-electron chi connectivity index (χ1n) is 35.8. The van der Waals surface area contributed by atoms with Gasteiger partial charge >= 0.3 is 0 Å². The zero-order chi connectivity index (χ0) is 70.5. The second kappa shape index (κ2) is 28.7. The lowest BCUT2D eigenvalue weighted by molar-refractivity contribution is 1.18. The molecule has 5 heterocycles. The van der Waals surface area contributed by atoms with Gasteiger partial charge in [0.25, 0.3) is 0 Å². The van der Waals surface area contributed by atoms with Crippen molar-refractivity contribution in [2.24, 2.45) is 0 Å². The maximum absolute atomic E-state index is 5.32. The van der Waals surface area contributed by atoms with E-state index in [2.05, 4.69) is 338 Å². The summed E-state index contributed by atoms with van der Waals surface area (Å²) in [5.41, 5.74) is 26.0. The number of benzene rings is 14. The molecule has 6 nitrogen and oxygen atoms in total. The summed E-state index contributed by atoms with van der Waals surface area (Å²) < 4.78 is 0. The highest BCUT2D eigenvalue weighted by Gasteiger charge is 2.19. The zero-order valence-corrected chi connectivity index (χ0v) is 57.8. The number of hydrogen-bond acceptors (Lipinski definition) is 6. The molecule has 0 radical (unpaired) electrons. The van der Waals surface area contributed by atoms with Gasteiger partial charge in [-0.2, -0.15) is 0 Å². The van der Waals surface area contributed by atoms with E-state index in [1.807, 2.05) is 73.2 Å². The predicted molar refractivity (Wildman–Crippen MR) is 440 cm³/mol. The maximum atomic E-state index is 5.32. The van der Waals surface area contributed by atoms with Crippen molar-refractivity contribution in [2.45, 2.75) is 0 Å². The van der Waals surface area contributed by atoms with Gasteiger partial charge < -0.3 is 0 Å². The van der Waals surface area contributed by atoms with Gasteiger partial charge in [0.15, 0.2) is 5.82 Å². The van der Waals surface area contributed by atoms with Gasteiger partial charge in [-0.05, 0) is 184 Å². The van der Waals surface area contributed by atoms with Crippen LogP contribution in [0, 0.1) is 0 Å². The molecule has 106 heavy (non-hydrogen) atoms. The molecule has 0 spiro atoms. The minimum atomic E-state index is 0.656. The lowest BCUT2D eigenvalue weighted by atomic mass is 9.89. The van der Waals surface area contributed by atoms with Crippen LogP contribution >= 0.6 is 0 Å². The molecule has 0 unspecified atom stereocenters. The van der Waals surface area contributed by atoms with Crippen molar-refractivity contribution in [3.05, 3.63) is 401 Å². The summed E-state index contributed by atoms with van der Waals surface area (Å²) in [4.78, 5) is 30.0. The van der Waals surface area contributed by atoms with Gasteiger partial charge in [-0.1, -0.05) is 291 Å². The molecule has 0 saturated heterocycles. The Morgan fingerprint density at radius 1 is 0.151 bits per heavy atom. The fourth-order valence-corrected chi connectivity index (χ4v) is 14.6. The molecule has 0 aliphatic rings. The van der Waals surface area contributed by atoms with Crippen molar-refractivity contribution < 1.29 is 0 Å². The molecule has 0 saturated carbocycles. The number of aromatic nitrogens is 6. The van der Waals surface area contributed by atoms with E-state index in [0.29, 0.717) is 5.82 Å². The van der Waals surface area contributed by atoms with Crippen LogP contribution in [0.3, 0.4) is 0 Å². The van der Waals surface area contributed by atoms with Gasteiger partial charge in [-0.25, -0.2) is 15.0 Å². The average molecular weight is 1350 g/mol. The highest BCUT2D eigenvalue weighted by molar-refractivity contribution is 6.14. The zero-order valence-electron chi connectivity index (χ0n) is 57.8. The van der Waals surface area contributed by atoms with Crippen LogP contribution in [-0.2, 0) is 0 Å². The van der Waals surface area contributed by atoms with E-state index >= 15 is 0 Å². The molecule has 0 fully saturated rings. The minimum absolute atomic E-state index is 0.656. The van der Waals surface area contributed by atoms with Crippen LogP contribution in [0.1, 0.15) is 0 Å². The van der Waals surface area contributed by atoms with Gasteiger partial charge in [0.05, 0.1) is 39.9 Å². The molecule has 0 bridgehead atoms. The molecule has 5 aromatic heterocycles. The van der Waals surface area contributed by atoms with Crippen LogP contribution < -0.4 is 0 Å². The van der Waals surface area contributed by atoms with Crippen molar-refractivity contribution in [1.82, 2.24) is 29.9 Å². The number of rotatable bonds is 13. The standard InChI is InChI=1S/C52H34N4.C48H32N2/c1-3-15-44-35(11-1)13-9-17-46(44)41-31-42(47-18-10-14-36-12-2-4-16-45(36)47)33-43(32-41)52-55-50(39-25-21-37(22-26-39)48-19-5-7-29-53-48)34-51(56-52)40-27-23-38(24-28-40)49-20-6-8-30-54-49;1-4-14-33(15-5-1)37-24-25-46(49-32-37)41-27-38(26-40(28-41)45-29-36-20-10-11-21-42(36)43-22-12-13-23-44(43)45)39-30-47(34-16-6-2-7-17-34)50-48(31-39)35-18-8-3-9-19-35/h1-34H;1-32H. The topological polar surface area (TPSA) is 77.3 Å². The van der Waals surface area contributed by atoms with E-state index in [-0.39, 0.29) is 0 Å². The van der Waals surface area contributed by atoms with Gasteiger partial charge in [-0.3, -0.25) is 15.0 Å². The van der Waals surface area contributed by atoms with Gasteiger partial charge in [0.2, 0.25) is 0 Å². The summed E-state index contributed by atoms with van der Waals surface area (Å²) in [5.74, 6) is 0.656. The first kappa shape index (κ1) is 63.9. The maximum Gasteiger partial charge on any atom is 0.160 e. The summed E-state index contributed by atoms with van der Waals surface area (Å²) in [6, 6.07) is 135. The third-order valence-corrected chi connectivity index (χ3v) is 19.9. The Morgan fingerprint density at radius 2 is 0.519 bits per heavy atom. The van der Waals surface area contributed by atoms with Crippen LogP contribution in [0.2, 0.25) is 0 Å². The van der Waals surface area contributed by atoms with E-state index in [1.54, 1.807) is 0 Å². The number of hydrogen-bond donors (Lipinski definition) is 0. The predicted octanol–water partition coefficient (Wildman–Crippen LogP) is 26.0. The Hall–Kier alpha value is -14.2. The third kappa shape index (κ3) is 13.2. The number of nitrogens with zero attached hydrogens (tertiary/aromatic N) is 6. The van der Waals surface area contributed by atoms with Gasteiger partial charge in [-0.15, -0.1) is 0 Å². The highest BCUT2D eigenvalue weighted by Crippen LogP contribution is 2.43. The molecule has 0 aliphatic heterocycles. The first-order chi connectivity index (χ1) is 52.5. The summed E-state index contributed by atoms with van der Waals surface area (Å²) >= 11 is 0. The fourth-order valence-electron chi connectivity index (χ4n) is 14.6. The fraction of sp³-hybridized carbons (Fsp3) is 0. The van der Waals surface area contributed by atoms with Crippen LogP contribution in [0.5, 0.6) is 0 Å². The molecular weight excluding hydrogens is 1290 g/mol. The monoisotopic (exact) mass is 1350 g/mol. The summed E-state index contributed by atoms with van der Waals surface area (Å²) in [6.45, 7) is 0. The van der Waals surface area contributed by atoms with E-state index in [9.17, 15) is 0 Å². The summed E-state index contributed by atoms with van der Waals surface area (Å²) in [7, 11) is 0. The normalized spacial score (nSPS) is 11.2. The molecule has 0 N–H and O–H groups in total. The second-order valence-corrected chi connectivity index (χ2v) is 26.5. The highest BCUT2D eigenvalue weighted by atomic mass is 14.9. The van der Waals surface area contributed by atoms with Crippen molar-refractivity contribution >= 4 is 43.1 Å². The van der Waals surface area contributed by atoms with Crippen molar-refractivity contribution in [2.75, 3.05) is 0 Å². The number of fused-ring (bicyclic) bond motifs is 5. The molecule has 496 valence electrons. The smallest absolute Gasteiger partial charge is 0.160 e. The molecule has 14 aromatic carbocycles. The van der Waals surface area contributed by atoms with Crippen LogP contribution in [0.4, 0.5) is 0 Å². The lowest BCUT2D eigenvalue weighted by Gasteiger charge is -2.16. The molecule has 0 atom stereocenters. The van der Waals surface area contributed by atoms with Crippen LogP contribution in [0.15, 0.2) is 401 Å². The van der Waals surface area contributed by atoms with E-state index in [1.165, 1.54) is 48.7 Å². The van der Waals surface area contributed by atoms with Crippen molar-refractivity contribution in [3.63, 3.8) is 0 Å². The lowest BCUT2D eigenvalue weighted by Crippen LogP contribution is -1.97. The quantitative estimate of drug-likeness (QED) is 0.107. The number of pyridine rings is 4. The average Bonchev–Trinajstić information content (AvgIpc) is 0.752. The second-order valence-electron chi connectivity index (χ2n) is 26.5. The SMILES string of the molecule is c1ccc(-c2ccc(-c3cc(-c4cc(-c5ccccc5)nc(-c5ccccc5)c4)cc(-c4cc5ccccc5c5ccccc45)c3)nc2)cc1.c1ccc(-c2ccc(-c3cc(-c4ccc(-c5ccccn5)cc4)nc(-c4cc(-c5cccc6ccccc56)cc(-c5cccc6ccccc56)c4)n3)cc2)nc1. The van der Waals surface area contributed by atoms with Gasteiger partial charge in [0, 0.05) is 68.7 Å². The Balaban J connectivity index is 0.000000151. The Morgan fingerprint density at radius 3 is 1.04 bits per heavy atom. The molecule has 19 rings (SSSR count). The van der Waals surface area contributed by atoms with Crippen molar-refractivity contribution in [1.29, 1.82) is 0 Å². The van der Waals surface area contributed by atoms with Crippen LogP contribution in [-0.4, -0.2) is 29.9 Å². The summed E-state index contributed by atoms with van der Waals surface area (Å²) in [6.07, 6.45) is 5.63. The Kier molecular flexibility index (Phi) is 17.3. The molecular formula is C100H66N6. The molecule has 19 aromatic rings. The molecule has 6 heteroatoms. The Bertz CT molecular complexity index is 6120. The third-order valence-electron chi connectivity index (χ3n) is 19.9. The van der Waals surface area contributed by atoms with Gasteiger partial charge in [0.1, 0.15) is 0 Å². The van der Waals surface area contributed by atoms with E-state index < -0.39 is 0 Å².